The number of rotatable bonds is 3. The third kappa shape index (κ3) is 2.69. The highest BCUT2D eigenvalue weighted by Gasteiger charge is 2.14. The summed E-state index contributed by atoms with van der Waals surface area (Å²) in [7, 11) is 3.41. The van der Waals surface area contributed by atoms with E-state index in [9.17, 15) is 9.59 Å². The highest BCUT2D eigenvalue weighted by Crippen LogP contribution is 2.25. The first-order valence-corrected chi connectivity index (χ1v) is 6.21. The fourth-order valence-electron chi connectivity index (χ4n) is 2.00. The molecule has 0 saturated carbocycles. The van der Waals surface area contributed by atoms with Crippen LogP contribution >= 0.6 is 0 Å². The van der Waals surface area contributed by atoms with Crippen molar-refractivity contribution < 1.29 is 9.59 Å². The molecule has 2 aromatic rings. The van der Waals surface area contributed by atoms with Crippen molar-refractivity contribution >= 4 is 11.8 Å². The second kappa shape index (κ2) is 5.57. The smallest absolute Gasteiger partial charge is 0.253 e. The number of hydrogen-bond acceptors (Lipinski definition) is 2. The Kier molecular flexibility index (Phi) is 3.84. The van der Waals surface area contributed by atoms with E-state index < -0.39 is 5.91 Å². The lowest BCUT2D eigenvalue weighted by Gasteiger charge is -2.14. The standard InChI is InChI=1S/C16H16N2O2/c1-18(2)16(20)14-9-4-3-8-13(14)11-6-5-7-12(10-11)15(17)19/h3-10H,1-2H3,(H2,17,19). The predicted octanol–water partition coefficient (Wildman–Crippen LogP) is 2.15. The van der Waals surface area contributed by atoms with Crippen LogP contribution in [-0.2, 0) is 0 Å². The van der Waals surface area contributed by atoms with E-state index in [-0.39, 0.29) is 5.91 Å². The van der Waals surface area contributed by atoms with Gasteiger partial charge in [0.2, 0.25) is 5.91 Å². The van der Waals surface area contributed by atoms with Crippen LogP contribution in [-0.4, -0.2) is 30.8 Å². The number of primary amides is 1. The van der Waals surface area contributed by atoms with Crippen LogP contribution in [0.2, 0.25) is 0 Å². The number of hydrogen-bond donors (Lipinski definition) is 1. The van der Waals surface area contributed by atoms with Gasteiger partial charge in [-0.1, -0.05) is 30.3 Å². The minimum Gasteiger partial charge on any atom is -0.366 e. The van der Waals surface area contributed by atoms with E-state index in [4.69, 9.17) is 5.73 Å². The molecule has 2 N–H and O–H groups in total. The van der Waals surface area contributed by atoms with Gasteiger partial charge >= 0.3 is 0 Å². The third-order valence-electron chi connectivity index (χ3n) is 3.02. The van der Waals surface area contributed by atoms with E-state index in [2.05, 4.69) is 0 Å². The molecule has 0 atom stereocenters. The van der Waals surface area contributed by atoms with Gasteiger partial charge in [0.15, 0.2) is 0 Å². The Morgan fingerprint density at radius 3 is 2.35 bits per heavy atom. The molecule has 0 heterocycles. The minimum atomic E-state index is -0.483. The molecular weight excluding hydrogens is 252 g/mol. The van der Waals surface area contributed by atoms with Crippen molar-refractivity contribution in [1.82, 2.24) is 4.90 Å². The molecule has 0 bridgehead atoms. The highest BCUT2D eigenvalue weighted by atomic mass is 16.2. The quantitative estimate of drug-likeness (QED) is 0.927. The number of nitrogens with two attached hydrogens (primary N) is 1. The van der Waals surface area contributed by atoms with Crippen LogP contribution < -0.4 is 5.73 Å². The Morgan fingerprint density at radius 1 is 1.00 bits per heavy atom. The topological polar surface area (TPSA) is 63.4 Å². The second-order valence-corrected chi connectivity index (χ2v) is 4.69. The van der Waals surface area contributed by atoms with Crippen molar-refractivity contribution in [2.24, 2.45) is 5.73 Å². The fourth-order valence-corrected chi connectivity index (χ4v) is 2.00. The lowest BCUT2D eigenvalue weighted by atomic mass is 9.97. The Labute approximate surface area is 117 Å². The van der Waals surface area contributed by atoms with E-state index >= 15 is 0 Å². The van der Waals surface area contributed by atoms with Gasteiger partial charge in [-0.3, -0.25) is 9.59 Å². The van der Waals surface area contributed by atoms with Crippen LogP contribution in [0.15, 0.2) is 48.5 Å². The van der Waals surface area contributed by atoms with Crippen LogP contribution in [0.1, 0.15) is 20.7 Å². The minimum absolute atomic E-state index is 0.0786. The van der Waals surface area contributed by atoms with Crippen LogP contribution in [0.3, 0.4) is 0 Å². The van der Waals surface area contributed by atoms with Gasteiger partial charge < -0.3 is 10.6 Å². The van der Waals surface area contributed by atoms with Crippen LogP contribution in [0.5, 0.6) is 0 Å². The molecule has 4 nitrogen and oxygen atoms in total. The normalized spacial score (nSPS) is 10.1. The van der Waals surface area contributed by atoms with Gasteiger partial charge in [0, 0.05) is 25.2 Å². The SMILES string of the molecule is CN(C)C(=O)c1ccccc1-c1cccc(C(N)=O)c1. The summed E-state index contributed by atoms with van der Waals surface area (Å²) in [5, 5.41) is 0. The van der Waals surface area contributed by atoms with Gasteiger partial charge in [-0.15, -0.1) is 0 Å². The van der Waals surface area contributed by atoms with E-state index in [1.165, 1.54) is 4.90 Å². The van der Waals surface area contributed by atoms with Gasteiger partial charge in [-0.2, -0.15) is 0 Å². The Bertz CT molecular complexity index is 663. The number of carbonyl (C=O) groups excluding carboxylic acids is 2. The van der Waals surface area contributed by atoms with E-state index in [0.29, 0.717) is 11.1 Å². The van der Waals surface area contributed by atoms with E-state index in [1.54, 1.807) is 38.4 Å². The first kappa shape index (κ1) is 13.8. The summed E-state index contributed by atoms with van der Waals surface area (Å²) in [5.74, 6) is -0.562. The zero-order valence-corrected chi connectivity index (χ0v) is 11.5. The summed E-state index contributed by atoms with van der Waals surface area (Å²) in [6.07, 6.45) is 0. The molecule has 0 aliphatic rings. The van der Waals surface area contributed by atoms with Crippen molar-refractivity contribution in [2.75, 3.05) is 14.1 Å². The summed E-state index contributed by atoms with van der Waals surface area (Å²) in [6, 6.07) is 14.3. The molecule has 20 heavy (non-hydrogen) atoms. The lowest BCUT2D eigenvalue weighted by molar-refractivity contribution is 0.0828. The van der Waals surface area contributed by atoms with E-state index in [0.717, 1.165) is 11.1 Å². The summed E-state index contributed by atoms with van der Waals surface area (Å²) in [6.45, 7) is 0. The molecule has 0 spiro atoms. The molecular formula is C16H16N2O2. The van der Waals surface area contributed by atoms with Gasteiger partial charge in [0.1, 0.15) is 0 Å². The monoisotopic (exact) mass is 268 g/mol. The zero-order chi connectivity index (χ0) is 14.7. The van der Waals surface area contributed by atoms with Crippen molar-refractivity contribution in [3.05, 3.63) is 59.7 Å². The van der Waals surface area contributed by atoms with Crippen LogP contribution in [0, 0.1) is 0 Å². The summed E-state index contributed by atoms with van der Waals surface area (Å²) < 4.78 is 0. The largest absolute Gasteiger partial charge is 0.366 e. The summed E-state index contributed by atoms with van der Waals surface area (Å²) in [5.41, 5.74) is 7.90. The Balaban J connectivity index is 2.56. The molecule has 4 heteroatoms. The molecule has 0 radical (unpaired) electrons. The molecule has 0 saturated heterocycles. The van der Waals surface area contributed by atoms with Crippen LogP contribution in [0.25, 0.3) is 11.1 Å². The van der Waals surface area contributed by atoms with Crippen molar-refractivity contribution in [3.63, 3.8) is 0 Å². The lowest BCUT2D eigenvalue weighted by Crippen LogP contribution is -2.22. The first-order valence-electron chi connectivity index (χ1n) is 6.21. The summed E-state index contributed by atoms with van der Waals surface area (Å²) in [4.78, 5) is 25.0. The molecule has 0 fully saturated rings. The van der Waals surface area contributed by atoms with Crippen molar-refractivity contribution in [1.29, 1.82) is 0 Å². The molecule has 2 amide bonds. The first-order chi connectivity index (χ1) is 9.50. The highest BCUT2D eigenvalue weighted by molar-refractivity contribution is 6.01. The van der Waals surface area contributed by atoms with Gasteiger partial charge in [-0.25, -0.2) is 0 Å². The van der Waals surface area contributed by atoms with Gasteiger partial charge in [0.25, 0.3) is 5.91 Å². The van der Waals surface area contributed by atoms with Crippen LogP contribution in [0.4, 0.5) is 0 Å². The zero-order valence-electron chi connectivity index (χ0n) is 11.5. The molecule has 0 aliphatic heterocycles. The second-order valence-electron chi connectivity index (χ2n) is 4.69. The average Bonchev–Trinajstić information content (AvgIpc) is 2.46. The maximum Gasteiger partial charge on any atom is 0.253 e. The molecule has 102 valence electrons. The predicted molar refractivity (Wildman–Crippen MR) is 78.4 cm³/mol. The van der Waals surface area contributed by atoms with Gasteiger partial charge in [-0.05, 0) is 29.3 Å². The molecule has 2 rings (SSSR count). The van der Waals surface area contributed by atoms with Gasteiger partial charge in [0.05, 0.1) is 0 Å². The molecule has 0 aromatic heterocycles. The fraction of sp³-hybridized carbons (Fsp3) is 0.125. The van der Waals surface area contributed by atoms with Crippen molar-refractivity contribution in [3.8, 4) is 11.1 Å². The maximum atomic E-state index is 12.2. The number of nitrogens with zero attached hydrogens (tertiary/aromatic N) is 1. The molecule has 2 aromatic carbocycles. The number of carbonyl (C=O) groups is 2. The molecule has 0 aliphatic carbocycles. The number of benzene rings is 2. The van der Waals surface area contributed by atoms with E-state index in [1.807, 2.05) is 24.3 Å². The summed E-state index contributed by atoms with van der Waals surface area (Å²) >= 11 is 0. The average molecular weight is 268 g/mol. The Morgan fingerprint density at radius 2 is 1.70 bits per heavy atom. The third-order valence-corrected chi connectivity index (χ3v) is 3.02. The number of amides is 2. The van der Waals surface area contributed by atoms with Crippen molar-refractivity contribution in [2.45, 2.75) is 0 Å². The Hall–Kier alpha value is -2.62. The molecule has 0 unspecified atom stereocenters. The maximum absolute atomic E-state index is 12.2.